The number of H-pyrrole nitrogens is 1. The summed E-state index contributed by atoms with van der Waals surface area (Å²) in [6.45, 7) is 0. The third-order valence-electron chi connectivity index (χ3n) is 4.89. The van der Waals surface area contributed by atoms with E-state index >= 15 is 0 Å². The first-order chi connectivity index (χ1) is 15.5. The molecule has 0 atom stereocenters. The zero-order valence-electron chi connectivity index (χ0n) is 16.6. The minimum absolute atomic E-state index is 0.0563. The van der Waals surface area contributed by atoms with Crippen molar-refractivity contribution in [1.29, 1.82) is 0 Å². The van der Waals surface area contributed by atoms with Gasteiger partial charge in [0, 0.05) is 13.2 Å². The van der Waals surface area contributed by atoms with Crippen LogP contribution in [-0.4, -0.2) is 20.0 Å². The predicted molar refractivity (Wildman–Crippen MR) is 114 cm³/mol. The molecule has 7 nitrogen and oxygen atoms in total. The van der Waals surface area contributed by atoms with E-state index in [2.05, 4.69) is 10.3 Å². The SMILES string of the molecule is Cn1cc(C(=O)Nc2cc(C(F)(F)F)ccc2Cl)c2[nH]c(=O)n(-c3ccc(F)cc3)c(=O)c21. The summed E-state index contributed by atoms with van der Waals surface area (Å²) in [4.78, 5) is 40.9. The van der Waals surface area contributed by atoms with E-state index in [-0.39, 0.29) is 33.0 Å². The Bertz CT molecular complexity index is 1520. The molecule has 4 rings (SSSR count). The molecule has 0 fully saturated rings. The normalized spacial score (nSPS) is 11.7. The number of aromatic amines is 1. The Labute approximate surface area is 186 Å². The lowest BCUT2D eigenvalue weighted by molar-refractivity contribution is -0.137. The van der Waals surface area contributed by atoms with Gasteiger partial charge in [-0.3, -0.25) is 9.59 Å². The van der Waals surface area contributed by atoms with Gasteiger partial charge in [0.15, 0.2) is 0 Å². The van der Waals surface area contributed by atoms with Crippen molar-refractivity contribution in [3.63, 3.8) is 0 Å². The molecule has 2 N–H and O–H groups in total. The van der Waals surface area contributed by atoms with E-state index < -0.39 is 34.7 Å². The second-order valence-corrected chi connectivity index (χ2v) is 7.48. The molecule has 1 amide bonds. The maximum atomic E-state index is 13.2. The molecule has 0 saturated heterocycles. The molecule has 0 saturated carbocycles. The summed E-state index contributed by atoms with van der Waals surface area (Å²) in [6.07, 6.45) is -3.41. The third-order valence-corrected chi connectivity index (χ3v) is 5.22. The summed E-state index contributed by atoms with van der Waals surface area (Å²) >= 11 is 5.93. The van der Waals surface area contributed by atoms with Crippen LogP contribution < -0.4 is 16.6 Å². The lowest BCUT2D eigenvalue weighted by atomic mass is 10.2. The van der Waals surface area contributed by atoms with Crippen LogP contribution in [0.25, 0.3) is 16.7 Å². The summed E-state index contributed by atoms with van der Waals surface area (Å²) in [7, 11) is 1.45. The van der Waals surface area contributed by atoms with E-state index in [1.165, 1.54) is 29.9 Å². The van der Waals surface area contributed by atoms with Crippen LogP contribution in [-0.2, 0) is 13.2 Å². The number of aryl methyl sites for hydroxylation is 1. The molecule has 170 valence electrons. The Morgan fingerprint density at radius 3 is 2.39 bits per heavy atom. The summed E-state index contributed by atoms with van der Waals surface area (Å²) in [5, 5.41) is 2.14. The molecule has 0 aliphatic rings. The van der Waals surface area contributed by atoms with Crippen LogP contribution in [0.5, 0.6) is 0 Å². The molecule has 0 bridgehead atoms. The third kappa shape index (κ3) is 4.02. The van der Waals surface area contributed by atoms with Crippen LogP contribution in [0.4, 0.5) is 23.2 Å². The second-order valence-electron chi connectivity index (χ2n) is 7.07. The van der Waals surface area contributed by atoms with Crippen molar-refractivity contribution in [3.8, 4) is 5.69 Å². The molecule has 0 aliphatic carbocycles. The minimum atomic E-state index is -4.65. The molecule has 0 spiro atoms. The van der Waals surface area contributed by atoms with Gasteiger partial charge < -0.3 is 14.9 Å². The highest BCUT2D eigenvalue weighted by atomic mass is 35.5. The largest absolute Gasteiger partial charge is 0.416 e. The van der Waals surface area contributed by atoms with E-state index in [1.807, 2.05) is 0 Å². The number of nitrogens with zero attached hydrogens (tertiary/aromatic N) is 2. The van der Waals surface area contributed by atoms with Crippen LogP contribution in [0.15, 0.2) is 58.3 Å². The molecular weight excluding hydrogens is 468 g/mol. The van der Waals surface area contributed by atoms with Crippen molar-refractivity contribution in [3.05, 3.63) is 91.5 Å². The van der Waals surface area contributed by atoms with Crippen LogP contribution in [0.1, 0.15) is 15.9 Å². The van der Waals surface area contributed by atoms with Crippen molar-refractivity contribution >= 4 is 34.2 Å². The van der Waals surface area contributed by atoms with E-state index in [4.69, 9.17) is 11.6 Å². The topological polar surface area (TPSA) is 88.9 Å². The van der Waals surface area contributed by atoms with Gasteiger partial charge in [0.2, 0.25) is 0 Å². The van der Waals surface area contributed by atoms with Crippen LogP contribution in [0, 0.1) is 5.82 Å². The molecule has 0 unspecified atom stereocenters. The Balaban J connectivity index is 1.80. The molecule has 2 aromatic carbocycles. The number of fused-ring (bicyclic) bond motifs is 1. The number of hydrogen-bond acceptors (Lipinski definition) is 3. The Kier molecular flexibility index (Phi) is 5.36. The zero-order valence-corrected chi connectivity index (χ0v) is 17.4. The molecule has 2 aromatic heterocycles. The number of carbonyl (C=O) groups excluding carboxylic acids is 1. The average Bonchev–Trinajstić information content (AvgIpc) is 3.06. The summed E-state index contributed by atoms with van der Waals surface area (Å²) in [5.74, 6) is -1.45. The molecule has 4 aromatic rings. The number of carbonyl (C=O) groups is 1. The van der Waals surface area contributed by atoms with Gasteiger partial charge in [-0.2, -0.15) is 13.2 Å². The number of nitrogens with one attached hydrogen (secondary N) is 2. The van der Waals surface area contributed by atoms with Gasteiger partial charge in [-0.25, -0.2) is 13.8 Å². The Morgan fingerprint density at radius 2 is 1.76 bits per heavy atom. The molecule has 33 heavy (non-hydrogen) atoms. The number of rotatable bonds is 3. The fraction of sp³-hybridized carbons (Fsp3) is 0.0952. The predicted octanol–water partition coefficient (Wildman–Crippen LogP) is 4.08. The minimum Gasteiger partial charge on any atom is -0.344 e. The van der Waals surface area contributed by atoms with E-state index in [9.17, 15) is 31.9 Å². The maximum absolute atomic E-state index is 13.2. The number of anilines is 1. The smallest absolute Gasteiger partial charge is 0.344 e. The maximum Gasteiger partial charge on any atom is 0.416 e. The van der Waals surface area contributed by atoms with Gasteiger partial charge in [0.1, 0.15) is 11.3 Å². The number of alkyl halides is 3. The highest BCUT2D eigenvalue weighted by Crippen LogP contribution is 2.34. The molecule has 0 radical (unpaired) electrons. The van der Waals surface area contributed by atoms with Crippen LogP contribution in [0.2, 0.25) is 5.02 Å². The van der Waals surface area contributed by atoms with Gasteiger partial charge in [-0.15, -0.1) is 0 Å². The van der Waals surface area contributed by atoms with E-state index in [1.54, 1.807) is 0 Å². The highest BCUT2D eigenvalue weighted by Gasteiger charge is 2.31. The fourth-order valence-electron chi connectivity index (χ4n) is 3.36. The number of benzene rings is 2. The van der Waals surface area contributed by atoms with Crippen molar-refractivity contribution in [1.82, 2.24) is 14.1 Å². The number of aromatic nitrogens is 3. The van der Waals surface area contributed by atoms with Gasteiger partial charge in [-0.1, -0.05) is 11.6 Å². The first kappa shape index (κ1) is 22.3. The first-order valence-corrected chi connectivity index (χ1v) is 9.63. The van der Waals surface area contributed by atoms with E-state index in [0.717, 1.165) is 28.8 Å². The fourth-order valence-corrected chi connectivity index (χ4v) is 3.52. The van der Waals surface area contributed by atoms with Gasteiger partial charge in [0.25, 0.3) is 11.5 Å². The number of hydrogen-bond donors (Lipinski definition) is 2. The van der Waals surface area contributed by atoms with Crippen molar-refractivity contribution in [2.45, 2.75) is 6.18 Å². The Morgan fingerprint density at radius 1 is 1.09 bits per heavy atom. The molecule has 12 heteroatoms. The lowest BCUT2D eigenvalue weighted by Gasteiger charge is -2.11. The summed E-state index contributed by atoms with van der Waals surface area (Å²) < 4.78 is 54.3. The van der Waals surface area contributed by atoms with Gasteiger partial charge in [0.05, 0.1) is 33.0 Å². The van der Waals surface area contributed by atoms with Crippen LogP contribution >= 0.6 is 11.6 Å². The van der Waals surface area contributed by atoms with Crippen molar-refractivity contribution < 1.29 is 22.4 Å². The molecule has 2 heterocycles. The number of halogens is 5. The quantitative estimate of drug-likeness (QED) is 0.433. The van der Waals surface area contributed by atoms with Crippen LogP contribution in [0.3, 0.4) is 0 Å². The Hall–Kier alpha value is -3.86. The molecule has 0 aliphatic heterocycles. The van der Waals surface area contributed by atoms with Gasteiger partial charge >= 0.3 is 11.9 Å². The summed E-state index contributed by atoms with van der Waals surface area (Å²) in [6, 6.07) is 7.07. The second kappa shape index (κ2) is 7.93. The lowest BCUT2D eigenvalue weighted by Crippen LogP contribution is -2.34. The highest BCUT2D eigenvalue weighted by molar-refractivity contribution is 6.34. The average molecular weight is 481 g/mol. The van der Waals surface area contributed by atoms with Gasteiger partial charge in [-0.05, 0) is 42.5 Å². The van der Waals surface area contributed by atoms with E-state index in [0.29, 0.717) is 6.07 Å². The standard InChI is InChI=1S/C21H13ClF4N4O3/c1-29-9-13(18(31)27-15-8-10(21(24,25)26)2-7-14(15)22)16-17(29)19(32)30(20(33)28-16)12-5-3-11(23)4-6-12/h2-9H,1H3,(H,27,31)(H,28,33). The summed E-state index contributed by atoms with van der Waals surface area (Å²) in [5.41, 5.74) is -3.22. The first-order valence-electron chi connectivity index (χ1n) is 9.26. The zero-order chi connectivity index (χ0) is 24.1. The molecular formula is C21H13ClF4N4O3. The monoisotopic (exact) mass is 480 g/mol. The van der Waals surface area contributed by atoms with Crippen molar-refractivity contribution in [2.75, 3.05) is 5.32 Å². The van der Waals surface area contributed by atoms with Crippen molar-refractivity contribution in [2.24, 2.45) is 7.05 Å². The number of amides is 1.